The molecule has 0 bridgehead atoms. The third kappa shape index (κ3) is 7.77. The largest absolute Gasteiger partial charge is 0.573 e. The highest BCUT2D eigenvalue weighted by molar-refractivity contribution is 5.92. The lowest BCUT2D eigenvalue weighted by molar-refractivity contribution is -0.274. The van der Waals surface area contributed by atoms with Gasteiger partial charge in [-0.15, -0.1) is 25.6 Å². The molecule has 2 rings (SSSR count). The average molecular weight is 407 g/mol. The summed E-state index contributed by atoms with van der Waals surface area (Å²) in [6.45, 7) is 1.40. The maximum Gasteiger partial charge on any atom is 0.573 e. The quantitative estimate of drug-likeness (QED) is 0.652. The first kappa shape index (κ1) is 22.6. The number of aromatic nitrogens is 2. The molecule has 7 nitrogen and oxygen atoms in total. The van der Waals surface area contributed by atoms with E-state index in [2.05, 4.69) is 20.0 Å². The first-order chi connectivity index (χ1) is 12.4. The van der Waals surface area contributed by atoms with Crippen molar-refractivity contribution < 1.29 is 27.4 Å². The Balaban J connectivity index is 0.00000364. The van der Waals surface area contributed by atoms with Crippen molar-refractivity contribution in [2.24, 2.45) is 5.73 Å². The molecule has 0 radical (unpaired) electrons. The molecule has 27 heavy (non-hydrogen) atoms. The number of hydrogen-bond donors (Lipinski definition) is 2. The van der Waals surface area contributed by atoms with Crippen molar-refractivity contribution in [2.45, 2.75) is 6.36 Å². The molecule has 1 aromatic carbocycles. The molecule has 0 aliphatic rings. The topological polar surface area (TPSA) is 99.4 Å². The van der Waals surface area contributed by atoms with Crippen LogP contribution in [0.25, 0.3) is 11.3 Å². The summed E-state index contributed by atoms with van der Waals surface area (Å²) >= 11 is 0. The molecule has 1 heterocycles. The zero-order valence-corrected chi connectivity index (χ0v) is 14.8. The fourth-order valence-electron chi connectivity index (χ4n) is 1.95. The number of alkyl halides is 3. The molecular weight excluding hydrogens is 389 g/mol. The molecule has 1 aromatic heterocycles. The molecule has 0 aliphatic carbocycles. The Labute approximate surface area is 159 Å². The van der Waals surface area contributed by atoms with E-state index in [1.807, 2.05) is 0 Å². The van der Waals surface area contributed by atoms with Crippen LogP contribution in [-0.4, -0.2) is 48.5 Å². The van der Waals surface area contributed by atoms with Gasteiger partial charge < -0.3 is 20.5 Å². The van der Waals surface area contributed by atoms with Crippen LogP contribution in [0.1, 0.15) is 10.5 Å². The third-order valence-electron chi connectivity index (χ3n) is 3.04. The first-order valence-electron chi connectivity index (χ1n) is 7.63. The van der Waals surface area contributed by atoms with E-state index in [0.717, 1.165) is 12.1 Å². The summed E-state index contributed by atoms with van der Waals surface area (Å²) in [7, 11) is 0. The number of ether oxygens (including phenoxy) is 2. The number of halogens is 4. The van der Waals surface area contributed by atoms with Gasteiger partial charge in [-0.1, -0.05) is 0 Å². The van der Waals surface area contributed by atoms with Crippen molar-refractivity contribution in [2.75, 3.05) is 26.3 Å². The number of carbonyl (C=O) groups is 1. The Morgan fingerprint density at radius 3 is 2.48 bits per heavy atom. The Morgan fingerprint density at radius 2 is 1.85 bits per heavy atom. The maximum atomic E-state index is 12.2. The molecule has 148 valence electrons. The van der Waals surface area contributed by atoms with Crippen LogP contribution in [0.3, 0.4) is 0 Å². The van der Waals surface area contributed by atoms with Gasteiger partial charge in [0, 0.05) is 18.7 Å². The summed E-state index contributed by atoms with van der Waals surface area (Å²) in [6, 6.07) is 5.11. The molecular formula is C16H18ClF3N4O3. The summed E-state index contributed by atoms with van der Waals surface area (Å²) in [5.74, 6) is -0.784. The lowest BCUT2D eigenvalue weighted by Gasteiger charge is -2.09. The van der Waals surface area contributed by atoms with E-state index in [9.17, 15) is 18.0 Å². The van der Waals surface area contributed by atoms with Gasteiger partial charge in [-0.25, -0.2) is 4.98 Å². The summed E-state index contributed by atoms with van der Waals surface area (Å²) in [5.41, 5.74) is 6.20. The number of amides is 1. The van der Waals surface area contributed by atoms with Gasteiger partial charge >= 0.3 is 6.36 Å². The van der Waals surface area contributed by atoms with Gasteiger partial charge in [0.1, 0.15) is 11.4 Å². The standard InChI is InChI=1S/C16H17F3N4O3.ClH/c17-16(18,19)26-12-3-1-11(2-4-12)13-9-21-10-14(23-13)15(24)22-6-8-25-7-5-20;/h1-4,9-10H,5-8,20H2,(H,22,24);1H. The van der Waals surface area contributed by atoms with E-state index in [1.165, 1.54) is 24.5 Å². The highest BCUT2D eigenvalue weighted by Gasteiger charge is 2.30. The van der Waals surface area contributed by atoms with E-state index >= 15 is 0 Å². The molecule has 0 fully saturated rings. The van der Waals surface area contributed by atoms with E-state index < -0.39 is 12.3 Å². The normalized spacial score (nSPS) is 10.8. The lowest BCUT2D eigenvalue weighted by atomic mass is 10.1. The molecule has 0 atom stereocenters. The minimum atomic E-state index is -4.76. The van der Waals surface area contributed by atoms with Crippen molar-refractivity contribution in [3.63, 3.8) is 0 Å². The highest BCUT2D eigenvalue weighted by atomic mass is 35.5. The number of rotatable bonds is 8. The molecule has 3 N–H and O–H groups in total. The van der Waals surface area contributed by atoms with Gasteiger partial charge in [0.15, 0.2) is 0 Å². The third-order valence-corrected chi connectivity index (χ3v) is 3.04. The molecule has 0 saturated carbocycles. The van der Waals surface area contributed by atoms with Crippen LogP contribution in [0.4, 0.5) is 13.2 Å². The maximum absolute atomic E-state index is 12.2. The Kier molecular flexibility index (Phi) is 8.92. The van der Waals surface area contributed by atoms with E-state index in [0.29, 0.717) is 31.0 Å². The predicted molar refractivity (Wildman–Crippen MR) is 93.6 cm³/mol. The number of carbonyl (C=O) groups excluding carboxylic acids is 1. The van der Waals surface area contributed by atoms with E-state index in [4.69, 9.17) is 10.5 Å². The monoisotopic (exact) mass is 406 g/mol. The number of nitrogens with one attached hydrogen (secondary N) is 1. The molecule has 11 heteroatoms. The zero-order valence-electron chi connectivity index (χ0n) is 14.0. The molecule has 0 unspecified atom stereocenters. The second-order valence-corrected chi connectivity index (χ2v) is 5.02. The lowest BCUT2D eigenvalue weighted by Crippen LogP contribution is -2.28. The number of nitrogens with two attached hydrogens (primary N) is 1. The van der Waals surface area contributed by atoms with Crippen molar-refractivity contribution >= 4 is 18.3 Å². The summed E-state index contributed by atoms with van der Waals surface area (Å²) in [5, 5.41) is 2.62. The second-order valence-electron chi connectivity index (χ2n) is 5.02. The minimum Gasteiger partial charge on any atom is -0.406 e. The van der Waals surface area contributed by atoms with Crippen molar-refractivity contribution in [3.05, 3.63) is 42.4 Å². The Bertz CT molecular complexity index is 730. The highest BCUT2D eigenvalue weighted by Crippen LogP contribution is 2.25. The van der Waals surface area contributed by atoms with Crippen LogP contribution in [0.5, 0.6) is 5.75 Å². The molecule has 0 spiro atoms. The Morgan fingerprint density at radius 1 is 1.15 bits per heavy atom. The van der Waals surface area contributed by atoms with Gasteiger partial charge in [-0.2, -0.15) is 0 Å². The van der Waals surface area contributed by atoms with Gasteiger partial charge in [0.25, 0.3) is 5.91 Å². The summed E-state index contributed by atoms with van der Waals surface area (Å²) in [6.07, 6.45) is -2.06. The van der Waals surface area contributed by atoms with Crippen LogP contribution in [0.2, 0.25) is 0 Å². The zero-order chi connectivity index (χ0) is 19.0. The first-order valence-corrected chi connectivity index (χ1v) is 7.63. The van der Waals surface area contributed by atoms with Crippen LogP contribution < -0.4 is 15.8 Å². The van der Waals surface area contributed by atoms with E-state index in [1.54, 1.807) is 0 Å². The molecule has 2 aromatic rings. The fraction of sp³-hybridized carbons (Fsp3) is 0.312. The van der Waals surface area contributed by atoms with Crippen LogP contribution in [-0.2, 0) is 4.74 Å². The van der Waals surface area contributed by atoms with Gasteiger partial charge in [0.05, 0.1) is 31.3 Å². The fourth-order valence-corrected chi connectivity index (χ4v) is 1.95. The predicted octanol–water partition coefficient (Wildman–Crippen LogP) is 2.17. The number of benzene rings is 1. The SMILES string of the molecule is Cl.NCCOCCNC(=O)c1cncc(-c2ccc(OC(F)(F)F)cc2)n1. The van der Waals surface area contributed by atoms with Gasteiger partial charge in [0.2, 0.25) is 0 Å². The number of nitrogens with zero attached hydrogens (tertiary/aromatic N) is 2. The number of hydrogen-bond acceptors (Lipinski definition) is 6. The molecule has 0 aliphatic heterocycles. The summed E-state index contributed by atoms with van der Waals surface area (Å²) < 4.78 is 45.5. The summed E-state index contributed by atoms with van der Waals surface area (Å²) in [4.78, 5) is 20.1. The molecule has 0 saturated heterocycles. The smallest absolute Gasteiger partial charge is 0.406 e. The second kappa shape index (κ2) is 10.7. The van der Waals surface area contributed by atoms with Crippen molar-refractivity contribution in [1.29, 1.82) is 0 Å². The van der Waals surface area contributed by atoms with Gasteiger partial charge in [-0.05, 0) is 24.3 Å². The molecule has 1 amide bonds. The average Bonchev–Trinajstić information content (AvgIpc) is 2.61. The van der Waals surface area contributed by atoms with E-state index in [-0.39, 0.29) is 30.4 Å². The van der Waals surface area contributed by atoms with Crippen molar-refractivity contribution in [1.82, 2.24) is 15.3 Å². The van der Waals surface area contributed by atoms with Crippen LogP contribution >= 0.6 is 12.4 Å². The Hall–Kier alpha value is -2.43. The minimum absolute atomic E-state index is 0. The van der Waals surface area contributed by atoms with Crippen LogP contribution in [0, 0.1) is 0 Å². The van der Waals surface area contributed by atoms with Crippen molar-refractivity contribution in [3.8, 4) is 17.0 Å². The van der Waals surface area contributed by atoms with Gasteiger partial charge in [-0.3, -0.25) is 9.78 Å². The van der Waals surface area contributed by atoms with Crippen LogP contribution in [0.15, 0.2) is 36.7 Å².